The van der Waals surface area contributed by atoms with E-state index < -0.39 is 0 Å². The maximum absolute atomic E-state index is 12.7. The molecule has 0 bridgehead atoms. The highest BCUT2D eigenvalue weighted by molar-refractivity contribution is 6.02. The van der Waals surface area contributed by atoms with Crippen LogP contribution >= 0.6 is 0 Å². The van der Waals surface area contributed by atoms with Gasteiger partial charge in [0.15, 0.2) is 0 Å². The molecule has 4 heteroatoms. The number of hydrogen-bond donors (Lipinski definition) is 0. The summed E-state index contributed by atoms with van der Waals surface area (Å²) in [5.74, 6) is 1.44. The van der Waals surface area contributed by atoms with Crippen LogP contribution in [0.4, 0.5) is 0 Å². The van der Waals surface area contributed by atoms with Crippen LogP contribution < -0.4 is 0 Å². The molecule has 0 aromatic heterocycles. The molecular formula is C14H24N2O2. The van der Waals surface area contributed by atoms with Crippen LogP contribution in [0.3, 0.4) is 0 Å². The zero-order valence-corrected chi connectivity index (χ0v) is 11.8. The number of ether oxygens (including phenoxy) is 1. The first-order chi connectivity index (χ1) is 8.60. The van der Waals surface area contributed by atoms with Crippen LogP contribution in [0.1, 0.15) is 40.5 Å². The molecule has 102 valence electrons. The van der Waals surface area contributed by atoms with Crippen LogP contribution in [0.15, 0.2) is 4.99 Å². The number of nitrogens with zero attached hydrogens (tertiary/aromatic N) is 2. The summed E-state index contributed by atoms with van der Waals surface area (Å²) in [7, 11) is 0. The normalized spacial score (nSPS) is 37.0. The van der Waals surface area contributed by atoms with Crippen molar-refractivity contribution in [2.75, 3.05) is 13.2 Å². The number of amidine groups is 1. The molecule has 2 aliphatic rings. The van der Waals surface area contributed by atoms with Gasteiger partial charge in [-0.1, -0.05) is 20.8 Å². The van der Waals surface area contributed by atoms with Gasteiger partial charge >= 0.3 is 0 Å². The smallest absolute Gasteiger partial charge is 0.233 e. The Balaban J connectivity index is 2.39. The predicted octanol–water partition coefficient (Wildman–Crippen LogP) is 2.09. The van der Waals surface area contributed by atoms with Gasteiger partial charge in [0.2, 0.25) is 5.91 Å². The number of carbonyl (C=O) groups excluding carboxylic acids is 1. The fraction of sp³-hybridized carbons (Fsp3) is 0.857. The third-order valence-electron chi connectivity index (χ3n) is 4.11. The first kappa shape index (κ1) is 13.5. The van der Waals surface area contributed by atoms with E-state index in [4.69, 9.17) is 9.73 Å². The Kier molecular flexibility index (Phi) is 4.05. The highest BCUT2D eigenvalue weighted by Crippen LogP contribution is 2.28. The fourth-order valence-electron chi connectivity index (χ4n) is 2.94. The third kappa shape index (κ3) is 2.18. The minimum Gasteiger partial charge on any atom is -0.379 e. The minimum atomic E-state index is 0.0353. The molecule has 1 saturated heterocycles. The molecule has 2 rings (SSSR count). The van der Waals surface area contributed by atoms with Crippen molar-refractivity contribution in [3.63, 3.8) is 0 Å². The van der Waals surface area contributed by atoms with Crippen LogP contribution in [0, 0.1) is 11.8 Å². The molecule has 18 heavy (non-hydrogen) atoms. The van der Waals surface area contributed by atoms with Crippen molar-refractivity contribution in [3.8, 4) is 0 Å². The number of hydrogen-bond acceptors (Lipinski definition) is 3. The van der Waals surface area contributed by atoms with E-state index in [1.54, 1.807) is 0 Å². The van der Waals surface area contributed by atoms with E-state index in [1.165, 1.54) is 0 Å². The van der Waals surface area contributed by atoms with Crippen LogP contribution in [0.2, 0.25) is 0 Å². The van der Waals surface area contributed by atoms with Gasteiger partial charge in [-0.15, -0.1) is 0 Å². The van der Waals surface area contributed by atoms with Gasteiger partial charge in [-0.25, -0.2) is 0 Å². The first-order valence-electron chi connectivity index (χ1n) is 7.08. The standard InChI is InChI=1S/C14H24N2O2/c1-5-11-8-18-7-9(3)13-15-10(4)12(6-2)14(17)16(11)13/h9-12H,5-8H2,1-4H3. The SMILES string of the molecule is CCC1C(=O)N2C(=NC1C)C(C)COCC2CC. The summed E-state index contributed by atoms with van der Waals surface area (Å²) in [6.07, 6.45) is 1.78. The van der Waals surface area contributed by atoms with Crippen molar-refractivity contribution in [2.24, 2.45) is 16.8 Å². The molecule has 0 aromatic rings. The van der Waals surface area contributed by atoms with Gasteiger partial charge < -0.3 is 4.74 Å². The summed E-state index contributed by atoms with van der Waals surface area (Å²) < 4.78 is 5.68. The van der Waals surface area contributed by atoms with E-state index in [0.717, 1.165) is 18.7 Å². The van der Waals surface area contributed by atoms with Crippen LogP contribution in [0.25, 0.3) is 0 Å². The Bertz CT molecular complexity index is 354. The van der Waals surface area contributed by atoms with E-state index in [0.29, 0.717) is 13.2 Å². The maximum atomic E-state index is 12.7. The summed E-state index contributed by atoms with van der Waals surface area (Å²) in [6, 6.07) is 0.259. The van der Waals surface area contributed by atoms with Crippen molar-refractivity contribution in [1.82, 2.24) is 4.90 Å². The monoisotopic (exact) mass is 252 g/mol. The lowest BCUT2D eigenvalue weighted by atomic mass is 9.92. The molecular weight excluding hydrogens is 228 g/mol. The molecule has 0 radical (unpaired) electrons. The lowest BCUT2D eigenvalue weighted by molar-refractivity contribution is -0.135. The van der Waals surface area contributed by atoms with Crippen molar-refractivity contribution in [2.45, 2.75) is 52.6 Å². The lowest BCUT2D eigenvalue weighted by Crippen LogP contribution is -2.54. The summed E-state index contributed by atoms with van der Waals surface area (Å²) >= 11 is 0. The molecule has 4 nitrogen and oxygen atoms in total. The first-order valence-corrected chi connectivity index (χ1v) is 7.08. The van der Waals surface area contributed by atoms with Gasteiger partial charge in [0.1, 0.15) is 5.84 Å². The zero-order valence-electron chi connectivity index (χ0n) is 11.8. The van der Waals surface area contributed by atoms with Gasteiger partial charge in [-0.05, 0) is 19.8 Å². The average molecular weight is 252 g/mol. The quantitative estimate of drug-likeness (QED) is 0.755. The molecule has 4 unspecified atom stereocenters. The number of amides is 1. The van der Waals surface area contributed by atoms with E-state index in [1.807, 2.05) is 4.90 Å². The highest BCUT2D eigenvalue weighted by atomic mass is 16.5. The summed E-state index contributed by atoms with van der Waals surface area (Å²) in [5, 5.41) is 0. The van der Waals surface area contributed by atoms with Gasteiger partial charge in [0, 0.05) is 5.92 Å². The second-order valence-corrected chi connectivity index (χ2v) is 5.45. The molecule has 0 saturated carbocycles. The Morgan fingerprint density at radius 2 is 2.00 bits per heavy atom. The maximum Gasteiger partial charge on any atom is 0.233 e. The molecule has 0 aromatic carbocycles. The topological polar surface area (TPSA) is 41.9 Å². The fourth-order valence-corrected chi connectivity index (χ4v) is 2.94. The minimum absolute atomic E-state index is 0.0353. The van der Waals surface area contributed by atoms with Gasteiger partial charge in [-0.2, -0.15) is 0 Å². The van der Waals surface area contributed by atoms with Crippen molar-refractivity contribution >= 4 is 11.7 Å². The molecule has 4 atom stereocenters. The number of aliphatic imine (C=N–C) groups is 1. The van der Waals surface area contributed by atoms with Crippen molar-refractivity contribution < 1.29 is 9.53 Å². The number of fused-ring (bicyclic) bond motifs is 1. The second-order valence-electron chi connectivity index (χ2n) is 5.45. The Morgan fingerprint density at radius 3 is 2.61 bits per heavy atom. The van der Waals surface area contributed by atoms with E-state index >= 15 is 0 Å². The summed E-state index contributed by atoms with van der Waals surface area (Å²) in [4.78, 5) is 19.4. The van der Waals surface area contributed by atoms with E-state index in [2.05, 4.69) is 27.7 Å². The Labute approximate surface area is 109 Å². The molecule has 0 spiro atoms. The van der Waals surface area contributed by atoms with Crippen molar-refractivity contribution in [1.29, 1.82) is 0 Å². The predicted molar refractivity (Wildman–Crippen MR) is 71.6 cm³/mol. The second kappa shape index (κ2) is 5.39. The van der Waals surface area contributed by atoms with Gasteiger partial charge in [0.25, 0.3) is 0 Å². The average Bonchev–Trinajstić information content (AvgIpc) is 2.50. The molecule has 0 aliphatic carbocycles. The lowest BCUT2D eigenvalue weighted by Gasteiger charge is -2.39. The van der Waals surface area contributed by atoms with Crippen LogP contribution in [-0.4, -0.2) is 41.9 Å². The van der Waals surface area contributed by atoms with Crippen molar-refractivity contribution in [3.05, 3.63) is 0 Å². The molecule has 2 heterocycles. The largest absolute Gasteiger partial charge is 0.379 e. The molecule has 1 amide bonds. The number of carbonyl (C=O) groups is 1. The molecule has 1 fully saturated rings. The van der Waals surface area contributed by atoms with Crippen LogP contribution in [0.5, 0.6) is 0 Å². The summed E-state index contributed by atoms with van der Waals surface area (Å²) in [5.41, 5.74) is 0. The van der Waals surface area contributed by atoms with Gasteiger partial charge in [-0.3, -0.25) is 14.7 Å². The van der Waals surface area contributed by atoms with E-state index in [-0.39, 0.29) is 29.8 Å². The molecule has 0 N–H and O–H groups in total. The highest BCUT2D eigenvalue weighted by Gasteiger charge is 2.41. The summed E-state index contributed by atoms with van der Waals surface area (Å²) in [6.45, 7) is 9.62. The Hall–Kier alpha value is -0.900. The molecule has 2 aliphatic heterocycles. The van der Waals surface area contributed by atoms with Crippen LogP contribution in [-0.2, 0) is 9.53 Å². The third-order valence-corrected chi connectivity index (χ3v) is 4.11. The zero-order chi connectivity index (χ0) is 13.3. The number of rotatable bonds is 2. The van der Waals surface area contributed by atoms with Gasteiger partial charge in [0.05, 0.1) is 31.2 Å². The van der Waals surface area contributed by atoms with E-state index in [9.17, 15) is 4.79 Å². The Morgan fingerprint density at radius 1 is 1.28 bits per heavy atom.